The molecule has 1 atom stereocenters. The van der Waals surface area contributed by atoms with Gasteiger partial charge in [-0.05, 0) is 12.1 Å². The van der Waals surface area contributed by atoms with Gasteiger partial charge in [-0.2, -0.15) is 5.26 Å². The van der Waals surface area contributed by atoms with Gasteiger partial charge in [0.15, 0.2) is 11.1 Å². The molecule has 0 saturated carbocycles. The van der Waals surface area contributed by atoms with Crippen molar-refractivity contribution in [1.82, 2.24) is 0 Å². The van der Waals surface area contributed by atoms with Crippen LogP contribution in [0.2, 0.25) is 0 Å². The van der Waals surface area contributed by atoms with Crippen molar-refractivity contribution in [1.29, 1.82) is 5.26 Å². The molecule has 3 nitrogen and oxygen atoms in total. The Morgan fingerprint density at radius 2 is 1.59 bits per heavy atom. The molecule has 84 valence electrons. The Kier molecular flexibility index (Phi) is 3.33. The average Bonchev–Trinajstić information content (AvgIpc) is 2.38. The van der Waals surface area contributed by atoms with Gasteiger partial charge >= 0.3 is 0 Å². The number of hydrogen-bond acceptors (Lipinski definition) is 2. The van der Waals surface area contributed by atoms with E-state index >= 15 is 0 Å². The zero-order chi connectivity index (χ0) is 12.3. The lowest BCUT2D eigenvalue weighted by molar-refractivity contribution is 0.564. The summed E-state index contributed by atoms with van der Waals surface area (Å²) in [5.41, 5.74) is 1.78. The molecule has 0 aliphatic heterocycles. The Morgan fingerprint density at radius 3 is 2.24 bits per heavy atom. The second-order valence-electron chi connectivity index (χ2n) is 3.40. The van der Waals surface area contributed by atoms with Crippen LogP contribution >= 0.6 is 0 Å². The van der Waals surface area contributed by atoms with Gasteiger partial charge in [0.05, 0.1) is 16.5 Å². The van der Waals surface area contributed by atoms with Crippen LogP contribution in [0.5, 0.6) is 0 Å². The van der Waals surface area contributed by atoms with E-state index in [1.807, 2.05) is 0 Å². The third-order valence-electron chi connectivity index (χ3n) is 2.41. The summed E-state index contributed by atoms with van der Waals surface area (Å²) in [5.74, 6) is 0. The van der Waals surface area contributed by atoms with E-state index in [2.05, 4.69) is 6.07 Å². The number of rotatable bonds is 2. The molecule has 0 aromatic heterocycles. The molecule has 0 heterocycles. The molecule has 0 spiro atoms. The molecule has 2 rings (SSSR count). The minimum absolute atomic E-state index is 0.315. The van der Waals surface area contributed by atoms with Crippen LogP contribution in [-0.4, -0.2) is 8.76 Å². The Labute approximate surface area is 102 Å². The Bertz CT molecular complexity index is 617. The molecule has 0 fully saturated rings. The maximum atomic E-state index is 11.2. The molecule has 2 aromatic carbocycles. The van der Waals surface area contributed by atoms with Crippen LogP contribution in [0.4, 0.5) is 0 Å². The van der Waals surface area contributed by atoms with E-state index in [4.69, 9.17) is 5.26 Å². The van der Waals surface area contributed by atoms with Gasteiger partial charge in [0, 0.05) is 11.1 Å². The first kappa shape index (κ1) is 11.5. The number of nitrogens with zero attached hydrogens (tertiary/aromatic N) is 1. The predicted octanol–water partition coefficient (Wildman–Crippen LogP) is 2.81. The lowest BCUT2D eigenvalue weighted by Gasteiger charge is -2.07. The summed E-state index contributed by atoms with van der Waals surface area (Å²) in [6, 6.07) is 15.9. The SMILES string of the molecule is N#Cc1ccccc1-c1ccccc1S(=O)O. The standard InChI is InChI=1S/C13H9NO2S/c14-9-10-5-1-2-6-11(10)12-7-3-4-8-13(12)17(15)16/h1-8H,(H,15,16). The fraction of sp³-hybridized carbons (Fsp3) is 0. The van der Waals surface area contributed by atoms with Crippen molar-refractivity contribution in [3.8, 4) is 17.2 Å². The van der Waals surface area contributed by atoms with Crippen LogP contribution in [0.15, 0.2) is 53.4 Å². The maximum absolute atomic E-state index is 11.2. The average molecular weight is 243 g/mol. The van der Waals surface area contributed by atoms with E-state index in [-0.39, 0.29) is 0 Å². The van der Waals surface area contributed by atoms with Gasteiger partial charge in [0.1, 0.15) is 0 Å². The van der Waals surface area contributed by atoms with Crippen LogP contribution in [0, 0.1) is 11.3 Å². The van der Waals surface area contributed by atoms with Gasteiger partial charge in [0.2, 0.25) is 0 Å². The smallest absolute Gasteiger partial charge is 0.187 e. The van der Waals surface area contributed by atoms with Crippen LogP contribution < -0.4 is 0 Å². The van der Waals surface area contributed by atoms with E-state index in [0.29, 0.717) is 21.6 Å². The van der Waals surface area contributed by atoms with E-state index in [0.717, 1.165) is 0 Å². The van der Waals surface area contributed by atoms with Gasteiger partial charge in [0.25, 0.3) is 0 Å². The summed E-state index contributed by atoms with van der Waals surface area (Å²) >= 11 is -2.06. The van der Waals surface area contributed by atoms with E-state index in [1.165, 1.54) is 0 Å². The molecule has 0 radical (unpaired) electrons. The fourth-order valence-electron chi connectivity index (χ4n) is 1.66. The summed E-state index contributed by atoms with van der Waals surface area (Å²) in [7, 11) is 0. The minimum Gasteiger partial charge on any atom is -0.302 e. The molecule has 0 saturated heterocycles. The number of benzene rings is 2. The molecular formula is C13H9NO2S. The zero-order valence-electron chi connectivity index (χ0n) is 8.83. The van der Waals surface area contributed by atoms with Gasteiger partial charge in [-0.3, -0.25) is 0 Å². The zero-order valence-corrected chi connectivity index (χ0v) is 9.65. The highest BCUT2D eigenvalue weighted by atomic mass is 32.2. The molecule has 0 bridgehead atoms. The van der Waals surface area contributed by atoms with Crippen molar-refractivity contribution in [2.45, 2.75) is 4.90 Å². The Morgan fingerprint density at radius 1 is 1.00 bits per heavy atom. The number of nitriles is 1. The van der Waals surface area contributed by atoms with E-state index in [1.54, 1.807) is 48.5 Å². The summed E-state index contributed by atoms with van der Waals surface area (Å²) in [5, 5.41) is 9.02. The Hall–Kier alpha value is -1.96. The topological polar surface area (TPSA) is 61.1 Å². The summed E-state index contributed by atoms with van der Waals surface area (Å²) in [6.07, 6.45) is 0. The summed E-state index contributed by atoms with van der Waals surface area (Å²) < 4.78 is 20.4. The fourth-order valence-corrected chi connectivity index (χ4v) is 2.22. The van der Waals surface area contributed by atoms with Crippen molar-refractivity contribution < 1.29 is 8.76 Å². The summed E-state index contributed by atoms with van der Waals surface area (Å²) in [4.78, 5) is 0.315. The lowest BCUT2D eigenvalue weighted by atomic mass is 10.0. The van der Waals surface area contributed by atoms with Crippen molar-refractivity contribution in [2.24, 2.45) is 0 Å². The second kappa shape index (κ2) is 4.91. The van der Waals surface area contributed by atoms with Gasteiger partial charge in [-0.1, -0.05) is 36.4 Å². The van der Waals surface area contributed by atoms with Crippen molar-refractivity contribution in [3.63, 3.8) is 0 Å². The van der Waals surface area contributed by atoms with Crippen molar-refractivity contribution in [2.75, 3.05) is 0 Å². The maximum Gasteiger partial charge on any atom is 0.187 e. The molecular weight excluding hydrogens is 234 g/mol. The van der Waals surface area contributed by atoms with Crippen LogP contribution in [0.1, 0.15) is 5.56 Å². The minimum atomic E-state index is -2.06. The molecule has 1 unspecified atom stereocenters. The van der Waals surface area contributed by atoms with Crippen LogP contribution in [0.3, 0.4) is 0 Å². The first-order valence-corrected chi connectivity index (χ1v) is 6.04. The first-order chi connectivity index (χ1) is 8.24. The predicted molar refractivity (Wildman–Crippen MR) is 65.6 cm³/mol. The van der Waals surface area contributed by atoms with E-state index < -0.39 is 11.1 Å². The number of hydrogen-bond donors (Lipinski definition) is 1. The highest BCUT2D eigenvalue weighted by molar-refractivity contribution is 7.79. The molecule has 17 heavy (non-hydrogen) atoms. The van der Waals surface area contributed by atoms with Crippen LogP contribution in [-0.2, 0) is 11.1 Å². The largest absolute Gasteiger partial charge is 0.302 e. The van der Waals surface area contributed by atoms with Gasteiger partial charge in [-0.25, -0.2) is 4.21 Å². The molecule has 2 aromatic rings. The molecule has 0 aliphatic carbocycles. The van der Waals surface area contributed by atoms with Gasteiger partial charge in [-0.15, -0.1) is 0 Å². The summed E-state index contributed by atoms with van der Waals surface area (Å²) in [6.45, 7) is 0. The van der Waals surface area contributed by atoms with E-state index in [9.17, 15) is 8.76 Å². The Balaban J connectivity index is 2.69. The van der Waals surface area contributed by atoms with Gasteiger partial charge < -0.3 is 4.55 Å². The lowest BCUT2D eigenvalue weighted by Crippen LogP contribution is -1.94. The second-order valence-corrected chi connectivity index (χ2v) is 4.34. The third kappa shape index (κ3) is 2.26. The highest BCUT2D eigenvalue weighted by Gasteiger charge is 2.11. The molecule has 1 N–H and O–H groups in total. The molecule has 4 heteroatoms. The third-order valence-corrected chi connectivity index (χ3v) is 3.15. The quantitative estimate of drug-likeness (QED) is 0.825. The monoisotopic (exact) mass is 243 g/mol. The van der Waals surface area contributed by atoms with Crippen LogP contribution in [0.25, 0.3) is 11.1 Å². The highest BCUT2D eigenvalue weighted by Crippen LogP contribution is 2.28. The first-order valence-electron chi connectivity index (χ1n) is 4.93. The molecule has 0 aliphatic rings. The molecule has 0 amide bonds. The van der Waals surface area contributed by atoms with Crippen molar-refractivity contribution >= 4 is 11.1 Å². The normalized spacial score (nSPS) is 11.8. The van der Waals surface area contributed by atoms with Crippen molar-refractivity contribution in [3.05, 3.63) is 54.1 Å².